The van der Waals surface area contributed by atoms with E-state index in [0.717, 1.165) is 18.5 Å². The zero-order valence-corrected chi connectivity index (χ0v) is 9.23. The molecule has 2 atom stereocenters. The highest BCUT2D eigenvalue weighted by Gasteiger charge is 2.16. The number of nitrogens with one attached hydrogen (secondary N) is 1. The Balaban J connectivity index is 2.45. The highest BCUT2D eigenvalue weighted by Crippen LogP contribution is 2.24. The van der Waals surface area contributed by atoms with Crippen LogP contribution in [0.3, 0.4) is 0 Å². The number of aromatic amines is 1. The number of aliphatic carboxylic acids is 1. The molecule has 0 spiro atoms. The molecule has 1 aromatic heterocycles. The number of nitrogens with zero attached hydrogens (tertiary/aromatic N) is 1. The van der Waals surface area contributed by atoms with Gasteiger partial charge in [0.05, 0.1) is 12.2 Å². The molecular formula is C11H18N2O2. The van der Waals surface area contributed by atoms with Crippen molar-refractivity contribution in [2.24, 2.45) is 5.92 Å². The fraction of sp³-hybridized carbons (Fsp3) is 0.636. The number of H-pyrrole nitrogens is 1. The lowest BCUT2D eigenvalue weighted by Gasteiger charge is -2.14. The SMILES string of the molecule is CCC(CCC(C)C(=O)O)c1cnc[nH]1. The highest BCUT2D eigenvalue weighted by atomic mass is 16.4. The Kier molecular flexibility index (Phi) is 4.34. The third-order valence-corrected chi connectivity index (χ3v) is 2.82. The second-order valence-electron chi connectivity index (χ2n) is 3.93. The molecule has 4 heteroatoms. The second kappa shape index (κ2) is 5.53. The number of hydrogen-bond donors (Lipinski definition) is 2. The molecule has 0 aliphatic carbocycles. The highest BCUT2D eigenvalue weighted by molar-refractivity contribution is 5.69. The Labute approximate surface area is 89.7 Å². The van der Waals surface area contributed by atoms with Gasteiger partial charge in [-0.25, -0.2) is 4.98 Å². The van der Waals surface area contributed by atoms with Gasteiger partial charge in [0.25, 0.3) is 0 Å². The first-order valence-corrected chi connectivity index (χ1v) is 5.36. The maximum Gasteiger partial charge on any atom is 0.306 e. The Morgan fingerprint density at radius 1 is 1.60 bits per heavy atom. The van der Waals surface area contributed by atoms with E-state index in [0.29, 0.717) is 12.3 Å². The Morgan fingerprint density at radius 3 is 2.80 bits per heavy atom. The van der Waals surface area contributed by atoms with E-state index >= 15 is 0 Å². The average Bonchev–Trinajstić information content (AvgIpc) is 2.71. The number of rotatable bonds is 6. The molecule has 0 aromatic carbocycles. The minimum atomic E-state index is -0.713. The summed E-state index contributed by atoms with van der Waals surface area (Å²) >= 11 is 0. The quantitative estimate of drug-likeness (QED) is 0.757. The van der Waals surface area contributed by atoms with Crippen LogP contribution in [0, 0.1) is 5.92 Å². The Bertz CT molecular complexity index is 296. The molecule has 0 saturated heterocycles. The lowest BCUT2D eigenvalue weighted by atomic mass is 9.93. The molecule has 1 rings (SSSR count). The minimum absolute atomic E-state index is 0.262. The molecule has 0 aliphatic rings. The molecule has 0 aliphatic heterocycles. The van der Waals surface area contributed by atoms with Gasteiger partial charge in [-0.05, 0) is 19.3 Å². The molecule has 84 valence electrons. The summed E-state index contributed by atoms with van der Waals surface area (Å²) in [6.45, 7) is 3.86. The summed E-state index contributed by atoms with van der Waals surface area (Å²) in [6.07, 6.45) is 6.10. The monoisotopic (exact) mass is 210 g/mol. The fourth-order valence-electron chi connectivity index (χ4n) is 1.64. The van der Waals surface area contributed by atoms with E-state index in [2.05, 4.69) is 16.9 Å². The molecule has 1 aromatic rings. The van der Waals surface area contributed by atoms with E-state index in [-0.39, 0.29) is 5.92 Å². The third-order valence-electron chi connectivity index (χ3n) is 2.82. The van der Waals surface area contributed by atoms with Crippen molar-refractivity contribution in [3.63, 3.8) is 0 Å². The lowest BCUT2D eigenvalue weighted by Crippen LogP contribution is -2.11. The number of hydrogen-bond acceptors (Lipinski definition) is 2. The molecule has 15 heavy (non-hydrogen) atoms. The average molecular weight is 210 g/mol. The van der Waals surface area contributed by atoms with Crippen molar-refractivity contribution < 1.29 is 9.90 Å². The van der Waals surface area contributed by atoms with Crippen LogP contribution in [0.15, 0.2) is 12.5 Å². The zero-order valence-electron chi connectivity index (χ0n) is 9.23. The van der Waals surface area contributed by atoms with Gasteiger partial charge in [-0.3, -0.25) is 4.79 Å². The molecule has 0 fully saturated rings. The van der Waals surface area contributed by atoms with Crippen molar-refractivity contribution in [2.45, 2.75) is 39.0 Å². The van der Waals surface area contributed by atoms with Crippen LogP contribution in [-0.2, 0) is 4.79 Å². The van der Waals surface area contributed by atoms with Crippen LogP contribution in [0.5, 0.6) is 0 Å². The van der Waals surface area contributed by atoms with Crippen molar-refractivity contribution >= 4 is 5.97 Å². The van der Waals surface area contributed by atoms with Gasteiger partial charge in [-0.2, -0.15) is 0 Å². The molecule has 2 N–H and O–H groups in total. The van der Waals surface area contributed by atoms with Crippen LogP contribution in [-0.4, -0.2) is 21.0 Å². The molecule has 0 amide bonds. The predicted octanol–water partition coefficient (Wildman–Crippen LogP) is 2.40. The van der Waals surface area contributed by atoms with E-state index in [9.17, 15) is 4.79 Å². The van der Waals surface area contributed by atoms with Crippen LogP contribution in [0.2, 0.25) is 0 Å². The standard InChI is InChI=1S/C11H18N2O2/c1-3-9(10-6-12-7-13-10)5-4-8(2)11(14)15/h6-9H,3-5H2,1-2H3,(H,12,13)(H,14,15). The number of aromatic nitrogens is 2. The summed E-state index contributed by atoms with van der Waals surface area (Å²) in [4.78, 5) is 17.7. The third kappa shape index (κ3) is 3.38. The largest absolute Gasteiger partial charge is 0.481 e. The summed E-state index contributed by atoms with van der Waals surface area (Å²) in [5.74, 6) is -0.578. The maximum atomic E-state index is 10.7. The molecule has 1 heterocycles. The molecule has 0 bridgehead atoms. The first-order valence-electron chi connectivity index (χ1n) is 5.36. The molecular weight excluding hydrogens is 192 g/mol. The summed E-state index contributed by atoms with van der Waals surface area (Å²) in [5, 5.41) is 8.78. The topological polar surface area (TPSA) is 66.0 Å². The van der Waals surface area contributed by atoms with Crippen molar-refractivity contribution in [3.8, 4) is 0 Å². The minimum Gasteiger partial charge on any atom is -0.481 e. The molecule has 0 saturated carbocycles. The summed E-state index contributed by atoms with van der Waals surface area (Å²) in [5.41, 5.74) is 1.11. The Hall–Kier alpha value is -1.32. The van der Waals surface area contributed by atoms with Crippen molar-refractivity contribution in [1.82, 2.24) is 9.97 Å². The second-order valence-corrected chi connectivity index (χ2v) is 3.93. The molecule has 2 unspecified atom stereocenters. The van der Waals surface area contributed by atoms with Crippen LogP contribution < -0.4 is 0 Å². The van der Waals surface area contributed by atoms with E-state index in [4.69, 9.17) is 5.11 Å². The van der Waals surface area contributed by atoms with Gasteiger partial charge in [0, 0.05) is 17.8 Å². The molecule has 0 radical (unpaired) electrons. The number of carboxylic acid groups (broad SMARTS) is 1. The van der Waals surface area contributed by atoms with Crippen molar-refractivity contribution in [1.29, 1.82) is 0 Å². The Morgan fingerprint density at radius 2 is 2.33 bits per heavy atom. The van der Waals surface area contributed by atoms with Crippen molar-refractivity contribution in [2.75, 3.05) is 0 Å². The lowest BCUT2D eigenvalue weighted by molar-refractivity contribution is -0.141. The zero-order chi connectivity index (χ0) is 11.3. The van der Waals surface area contributed by atoms with E-state index in [1.165, 1.54) is 0 Å². The smallest absolute Gasteiger partial charge is 0.306 e. The van der Waals surface area contributed by atoms with Gasteiger partial charge in [0.15, 0.2) is 0 Å². The van der Waals surface area contributed by atoms with Gasteiger partial charge >= 0.3 is 5.97 Å². The predicted molar refractivity (Wildman–Crippen MR) is 57.7 cm³/mol. The van der Waals surface area contributed by atoms with Gasteiger partial charge in [-0.15, -0.1) is 0 Å². The summed E-state index contributed by atoms with van der Waals surface area (Å²) in [6, 6.07) is 0. The number of imidazole rings is 1. The van der Waals surface area contributed by atoms with E-state index < -0.39 is 5.97 Å². The van der Waals surface area contributed by atoms with E-state index in [1.807, 2.05) is 6.20 Å². The summed E-state index contributed by atoms with van der Waals surface area (Å²) in [7, 11) is 0. The van der Waals surface area contributed by atoms with Gasteiger partial charge < -0.3 is 10.1 Å². The van der Waals surface area contributed by atoms with Crippen LogP contribution in [0.1, 0.15) is 44.7 Å². The first-order chi connectivity index (χ1) is 7.15. The van der Waals surface area contributed by atoms with Gasteiger partial charge in [0.1, 0.15) is 0 Å². The van der Waals surface area contributed by atoms with Gasteiger partial charge in [-0.1, -0.05) is 13.8 Å². The fourth-order valence-corrected chi connectivity index (χ4v) is 1.64. The number of carbonyl (C=O) groups is 1. The van der Waals surface area contributed by atoms with E-state index in [1.54, 1.807) is 13.3 Å². The van der Waals surface area contributed by atoms with Crippen molar-refractivity contribution in [3.05, 3.63) is 18.2 Å². The van der Waals surface area contributed by atoms with Crippen LogP contribution in [0.25, 0.3) is 0 Å². The number of carboxylic acids is 1. The first kappa shape index (κ1) is 11.8. The normalized spacial score (nSPS) is 14.8. The van der Waals surface area contributed by atoms with Gasteiger partial charge in [0.2, 0.25) is 0 Å². The maximum absolute atomic E-state index is 10.7. The summed E-state index contributed by atoms with van der Waals surface area (Å²) < 4.78 is 0. The van der Waals surface area contributed by atoms with Crippen LogP contribution >= 0.6 is 0 Å². The molecule has 4 nitrogen and oxygen atoms in total. The van der Waals surface area contributed by atoms with Crippen LogP contribution in [0.4, 0.5) is 0 Å².